The van der Waals surface area contributed by atoms with E-state index in [4.69, 9.17) is 9.84 Å². The number of nitrogens with one attached hydrogen (secondary N) is 1. The van der Waals surface area contributed by atoms with E-state index in [0.717, 1.165) is 0 Å². The second-order valence-electron chi connectivity index (χ2n) is 4.03. The minimum Gasteiger partial charge on any atom is -0.481 e. The molecule has 0 aliphatic heterocycles. The average Bonchev–Trinajstić information content (AvgIpc) is 2.29. The van der Waals surface area contributed by atoms with Crippen LogP contribution in [0, 0.1) is 0 Å². The van der Waals surface area contributed by atoms with Crippen molar-refractivity contribution in [2.24, 2.45) is 0 Å². The number of carbonyl (C=O) groups is 2. The Labute approximate surface area is 106 Å². The summed E-state index contributed by atoms with van der Waals surface area (Å²) in [5.74, 6) is -0.346. The number of ether oxygens (including phenoxy) is 1. The summed E-state index contributed by atoms with van der Waals surface area (Å²) in [6.07, 6.45) is 0.724. The molecule has 0 aliphatic rings. The number of carbonyl (C=O) groups excluding carboxylic acids is 1. The lowest BCUT2D eigenvalue weighted by Crippen LogP contribution is -2.34. The SMILES string of the molecule is CC(CCCC(=O)O)NC(=O)Oc1ccccc1. The number of para-hydroxylation sites is 1. The van der Waals surface area contributed by atoms with E-state index in [0.29, 0.717) is 18.6 Å². The summed E-state index contributed by atoms with van der Waals surface area (Å²) in [5.41, 5.74) is 0. The van der Waals surface area contributed by atoms with Crippen LogP contribution >= 0.6 is 0 Å². The Morgan fingerprint density at radius 2 is 2.00 bits per heavy atom. The summed E-state index contributed by atoms with van der Waals surface area (Å²) in [6.45, 7) is 1.81. The van der Waals surface area contributed by atoms with Crippen LogP contribution in [-0.4, -0.2) is 23.2 Å². The van der Waals surface area contributed by atoms with Gasteiger partial charge in [0.2, 0.25) is 0 Å². The van der Waals surface area contributed by atoms with E-state index in [1.807, 2.05) is 13.0 Å². The van der Waals surface area contributed by atoms with Gasteiger partial charge in [0, 0.05) is 12.5 Å². The molecule has 2 N–H and O–H groups in total. The summed E-state index contributed by atoms with van der Waals surface area (Å²) >= 11 is 0. The maximum atomic E-state index is 11.5. The van der Waals surface area contributed by atoms with Gasteiger partial charge in [0.05, 0.1) is 0 Å². The highest BCUT2D eigenvalue weighted by Crippen LogP contribution is 2.08. The number of benzene rings is 1. The van der Waals surface area contributed by atoms with E-state index in [1.165, 1.54) is 0 Å². The number of hydrogen-bond acceptors (Lipinski definition) is 3. The number of aliphatic carboxylic acids is 1. The van der Waals surface area contributed by atoms with Crippen molar-refractivity contribution in [1.82, 2.24) is 5.32 Å². The van der Waals surface area contributed by atoms with E-state index >= 15 is 0 Å². The highest BCUT2D eigenvalue weighted by atomic mass is 16.6. The molecule has 1 amide bonds. The van der Waals surface area contributed by atoms with Crippen molar-refractivity contribution >= 4 is 12.1 Å². The van der Waals surface area contributed by atoms with Crippen molar-refractivity contribution in [3.63, 3.8) is 0 Å². The third-order valence-electron chi connectivity index (χ3n) is 2.35. The molecule has 5 heteroatoms. The second-order valence-corrected chi connectivity index (χ2v) is 4.03. The quantitative estimate of drug-likeness (QED) is 0.814. The molecule has 0 spiro atoms. The molecule has 0 aliphatic carbocycles. The molecule has 1 aromatic rings. The van der Waals surface area contributed by atoms with Gasteiger partial charge >= 0.3 is 12.1 Å². The van der Waals surface area contributed by atoms with Crippen molar-refractivity contribution in [2.45, 2.75) is 32.2 Å². The van der Waals surface area contributed by atoms with Crippen LogP contribution in [0.4, 0.5) is 4.79 Å². The second kappa shape index (κ2) is 7.32. The Morgan fingerprint density at radius 1 is 1.33 bits per heavy atom. The van der Waals surface area contributed by atoms with Crippen molar-refractivity contribution in [3.05, 3.63) is 30.3 Å². The van der Waals surface area contributed by atoms with E-state index in [9.17, 15) is 9.59 Å². The Bertz CT molecular complexity index is 391. The van der Waals surface area contributed by atoms with Gasteiger partial charge in [0.1, 0.15) is 5.75 Å². The molecule has 1 aromatic carbocycles. The normalized spacial score (nSPS) is 11.6. The first-order valence-electron chi connectivity index (χ1n) is 5.83. The first kappa shape index (κ1) is 14.0. The van der Waals surface area contributed by atoms with Gasteiger partial charge in [-0.15, -0.1) is 0 Å². The van der Waals surface area contributed by atoms with Crippen LogP contribution in [0.25, 0.3) is 0 Å². The van der Waals surface area contributed by atoms with Crippen LogP contribution < -0.4 is 10.1 Å². The fraction of sp³-hybridized carbons (Fsp3) is 0.385. The van der Waals surface area contributed by atoms with E-state index in [2.05, 4.69) is 5.32 Å². The number of carboxylic acids is 1. The Kier molecular flexibility index (Phi) is 5.70. The maximum Gasteiger partial charge on any atom is 0.412 e. The summed E-state index contributed by atoms with van der Waals surface area (Å²) in [5, 5.41) is 11.1. The molecule has 0 saturated heterocycles. The molecule has 5 nitrogen and oxygen atoms in total. The van der Waals surface area contributed by atoms with Crippen molar-refractivity contribution < 1.29 is 19.4 Å². The predicted octanol–water partition coefficient (Wildman–Crippen LogP) is 2.42. The van der Waals surface area contributed by atoms with E-state index in [1.54, 1.807) is 24.3 Å². The van der Waals surface area contributed by atoms with Gasteiger partial charge in [-0.3, -0.25) is 4.79 Å². The molecule has 0 bridgehead atoms. The fourth-order valence-electron chi connectivity index (χ4n) is 1.46. The molecule has 0 aromatic heterocycles. The van der Waals surface area contributed by atoms with Crippen molar-refractivity contribution in [3.8, 4) is 5.75 Å². The molecule has 1 atom stereocenters. The largest absolute Gasteiger partial charge is 0.481 e. The van der Waals surface area contributed by atoms with Gasteiger partial charge in [0.15, 0.2) is 0 Å². The van der Waals surface area contributed by atoms with Gasteiger partial charge in [-0.25, -0.2) is 4.79 Å². The standard InChI is InChI=1S/C13H17NO4/c1-10(6-5-9-12(15)16)14-13(17)18-11-7-3-2-4-8-11/h2-4,7-8,10H,5-6,9H2,1H3,(H,14,17)(H,15,16). The molecular formula is C13H17NO4. The molecular weight excluding hydrogens is 234 g/mol. The summed E-state index contributed by atoms with van der Waals surface area (Å²) < 4.78 is 5.05. The van der Waals surface area contributed by atoms with Gasteiger partial charge in [-0.1, -0.05) is 18.2 Å². The lowest BCUT2D eigenvalue weighted by molar-refractivity contribution is -0.137. The predicted molar refractivity (Wildman–Crippen MR) is 66.6 cm³/mol. The number of hydrogen-bond donors (Lipinski definition) is 2. The Morgan fingerprint density at radius 3 is 2.61 bits per heavy atom. The Hall–Kier alpha value is -2.04. The van der Waals surface area contributed by atoms with E-state index < -0.39 is 12.1 Å². The van der Waals surface area contributed by atoms with Crippen molar-refractivity contribution in [2.75, 3.05) is 0 Å². The number of amides is 1. The first-order valence-corrected chi connectivity index (χ1v) is 5.83. The first-order chi connectivity index (χ1) is 8.58. The molecule has 0 fully saturated rings. The topological polar surface area (TPSA) is 75.6 Å². The highest BCUT2D eigenvalue weighted by molar-refractivity contribution is 5.70. The van der Waals surface area contributed by atoms with Crippen LogP contribution in [0.1, 0.15) is 26.2 Å². The number of rotatable bonds is 6. The average molecular weight is 251 g/mol. The molecule has 1 rings (SSSR count). The summed E-state index contributed by atoms with van der Waals surface area (Å²) in [7, 11) is 0. The lowest BCUT2D eigenvalue weighted by Gasteiger charge is -2.13. The van der Waals surface area contributed by atoms with Crippen LogP contribution in [0.2, 0.25) is 0 Å². The van der Waals surface area contributed by atoms with Crippen LogP contribution in [0.5, 0.6) is 5.75 Å². The van der Waals surface area contributed by atoms with Crippen LogP contribution in [0.3, 0.4) is 0 Å². The van der Waals surface area contributed by atoms with Gasteiger partial charge < -0.3 is 15.2 Å². The minimum atomic E-state index is -0.825. The van der Waals surface area contributed by atoms with Crippen LogP contribution in [0.15, 0.2) is 30.3 Å². The molecule has 0 radical (unpaired) electrons. The zero-order valence-corrected chi connectivity index (χ0v) is 10.3. The smallest absolute Gasteiger partial charge is 0.412 e. The molecule has 18 heavy (non-hydrogen) atoms. The zero-order valence-electron chi connectivity index (χ0n) is 10.3. The fourth-order valence-corrected chi connectivity index (χ4v) is 1.46. The number of carboxylic acid groups (broad SMARTS) is 1. The summed E-state index contributed by atoms with van der Waals surface area (Å²) in [6, 6.07) is 8.65. The van der Waals surface area contributed by atoms with Crippen LogP contribution in [-0.2, 0) is 4.79 Å². The van der Waals surface area contributed by atoms with Gasteiger partial charge in [-0.2, -0.15) is 0 Å². The van der Waals surface area contributed by atoms with Gasteiger partial charge in [-0.05, 0) is 31.9 Å². The maximum absolute atomic E-state index is 11.5. The zero-order chi connectivity index (χ0) is 13.4. The third kappa shape index (κ3) is 5.89. The Balaban J connectivity index is 2.25. The molecule has 0 heterocycles. The highest BCUT2D eigenvalue weighted by Gasteiger charge is 2.09. The molecule has 1 unspecified atom stereocenters. The lowest BCUT2D eigenvalue weighted by atomic mass is 10.1. The molecule has 98 valence electrons. The van der Waals surface area contributed by atoms with Gasteiger partial charge in [0.25, 0.3) is 0 Å². The monoisotopic (exact) mass is 251 g/mol. The summed E-state index contributed by atoms with van der Waals surface area (Å²) in [4.78, 5) is 21.8. The van der Waals surface area contributed by atoms with Crippen molar-refractivity contribution in [1.29, 1.82) is 0 Å². The minimum absolute atomic E-state index is 0.111. The third-order valence-corrected chi connectivity index (χ3v) is 2.35. The van der Waals surface area contributed by atoms with E-state index in [-0.39, 0.29) is 12.5 Å². The molecule has 0 saturated carbocycles.